The van der Waals surface area contributed by atoms with Crippen LogP contribution in [0.4, 0.5) is 20.3 Å². The van der Waals surface area contributed by atoms with Crippen molar-refractivity contribution in [2.75, 3.05) is 38.6 Å². The first kappa shape index (κ1) is 31.3. The maximum atomic E-state index is 14.8. The van der Waals surface area contributed by atoms with Gasteiger partial charge in [0.05, 0.1) is 19.0 Å². The molecule has 14 heteroatoms. The Morgan fingerprint density at radius 3 is 2.37 bits per heavy atom. The molecule has 4 aromatic rings. The summed E-state index contributed by atoms with van der Waals surface area (Å²) in [6.45, 7) is 2.50. The third-order valence-corrected chi connectivity index (χ3v) is 8.74. The zero-order valence-corrected chi connectivity index (χ0v) is 25.2. The van der Waals surface area contributed by atoms with Gasteiger partial charge in [0, 0.05) is 61.3 Å². The third kappa shape index (κ3) is 5.74. The molecule has 4 heterocycles. The van der Waals surface area contributed by atoms with E-state index in [2.05, 4.69) is 15.3 Å². The van der Waals surface area contributed by atoms with Crippen molar-refractivity contribution >= 4 is 29.0 Å². The molecule has 2 unspecified atom stereocenters. The number of methoxy groups -OCH3 is 1. The third-order valence-electron chi connectivity index (χ3n) is 8.74. The Bertz CT molecular complexity index is 1780. The highest BCUT2D eigenvalue weighted by atomic mass is 19.2. The lowest BCUT2D eigenvalue weighted by atomic mass is 9.92. The van der Waals surface area contributed by atoms with Crippen molar-refractivity contribution in [3.8, 4) is 17.0 Å². The number of carbonyl (C=O) groups excluding carboxylic acids is 2. The topological polar surface area (TPSA) is 153 Å². The van der Waals surface area contributed by atoms with Crippen LogP contribution in [-0.4, -0.2) is 103 Å². The first-order chi connectivity index (χ1) is 22.1. The first-order valence-corrected chi connectivity index (χ1v) is 14.9. The lowest BCUT2D eigenvalue weighted by molar-refractivity contribution is -0.154. The van der Waals surface area contributed by atoms with Crippen molar-refractivity contribution in [2.45, 2.75) is 38.1 Å². The largest absolute Gasteiger partial charge is 0.494 e. The number of piperidine rings is 2. The van der Waals surface area contributed by atoms with Crippen LogP contribution in [0.2, 0.25) is 0 Å². The molecule has 2 saturated heterocycles. The number of rotatable bonds is 6. The molecular weight excluding hydrogens is 602 g/mol. The van der Waals surface area contributed by atoms with Crippen molar-refractivity contribution in [2.24, 2.45) is 5.92 Å². The second-order valence-corrected chi connectivity index (χ2v) is 11.6. The SMILES string of the molecule is COc1ccc(-c2cnc3c(Nc4ccc(C(=O)N5CCC(C(=O)N6CC(O)C(O)C(O)C6)CC5)c(C)c4)nccn23)c(F)c1F. The zero-order chi connectivity index (χ0) is 32.7. The number of amides is 2. The fourth-order valence-electron chi connectivity index (χ4n) is 6.15. The van der Waals surface area contributed by atoms with Crippen molar-refractivity contribution in [3.05, 3.63) is 71.7 Å². The second kappa shape index (κ2) is 12.6. The number of aliphatic hydroxyl groups excluding tert-OH is 3. The highest BCUT2D eigenvalue weighted by Gasteiger charge is 2.38. The van der Waals surface area contributed by atoms with Gasteiger partial charge < -0.3 is 35.2 Å². The number of ether oxygens (including phenoxy) is 1. The quantitative estimate of drug-likeness (QED) is 0.250. The number of β-amino-alcohol motifs (C(OH)–C–C–N with tert-alkyl or cyclic N) is 2. The number of imidazole rings is 1. The van der Waals surface area contributed by atoms with E-state index in [0.29, 0.717) is 54.3 Å². The summed E-state index contributed by atoms with van der Waals surface area (Å²) in [6, 6.07) is 8.03. The molecule has 2 aliphatic heterocycles. The Balaban J connectivity index is 1.12. The van der Waals surface area contributed by atoms with Crippen LogP contribution in [0.1, 0.15) is 28.8 Å². The summed E-state index contributed by atoms with van der Waals surface area (Å²) in [6.07, 6.45) is 1.75. The Kier molecular flexibility index (Phi) is 8.59. The Morgan fingerprint density at radius 2 is 1.70 bits per heavy atom. The van der Waals surface area contributed by atoms with Crippen LogP contribution in [0.25, 0.3) is 16.9 Å². The number of hydrogen-bond donors (Lipinski definition) is 4. The van der Waals surface area contributed by atoms with Crippen LogP contribution in [0.5, 0.6) is 5.75 Å². The molecule has 4 N–H and O–H groups in total. The highest BCUT2D eigenvalue weighted by molar-refractivity contribution is 5.96. The molecule has 242 valence electrons. The number of hydrogen-bond acceptors (Lipinski definition) is 9. The average Bonchev–Trinajstić information content (AvgIpc) is 3.49. The van der Waals surface area contributed by atoms with Crippen molar-refractivity contribution in [3.63, 3.8) is 0 Å². The lowest BCUT2D eigenvalue weighted by Gasteiger charge is -2.40. The van der Waals surface area contributed by atoms with Gasteiger partial charge in [-0.1, -0.05) is 0 Å². The average molecular weight is 637 g/mol. The van der Waals surface area contributed by atoms with Crippen LogP contribution in [0.15, 0.2) is 48.9 Å². The number of aryl methyl sites for hydroxylation is 1. The summed E-state index contributed by atoms with van der Waals surface area (Å²) >= 11 is 0. The van der Waals surface area contributed by atoms with Gasteiger partial charge in [0.15, 0.2) is 23.0 Å². The smallest absolute Gasteiger partial charge is 0.254 e. The molecule has 0 aliphatic carbocycles. The molecule has 0 bridgehead atoms. The van der Waals surface area contributed by atoms with E-state index < -0.39 is 29.9 Å². The number of carbonyl (C=O) groups is 2. The summed E-state index contributed by atoms with van der Waals surface area (Å²) in [5.74, 6) is -2.67. The number of anilines is 2. The van der Waals surface area contributed by atoms with Crippen LogP contribution in [0.3, 0.4) is 0 Å². The monoisotopic (exact) mass is 636 g/mol. The predicted octanol–water partition coefficient (Wildman–Crippen LogP) is 2.51. The number of benzene rings is 2. The zero-order valence-electron chi connectivity index (χ0n) is 25.2. The van der Waals surface area contributed by atoms with E-state index in [4.69, 9.17) is 4.74 Å². The van der Waals surface area contributed by atoms with Gasteiger partial charge in [-0.2, -0.15) is 4.39 Å². The normalized spacial score (nSPS) is 20.6. The molecule has 2 aliphatic rings. The van der Waals surface area contributed by atoms with Crippen LogP contribution in [0, 0.1) is 24.5 Å². The molecular formula is C32H34F2N6O6. The van der Waals surface area contributed by atoms with Crippen molar-refractivity contribution in [1.82, 2.24) is 24.2 Å². The van der Waals surface area contributed by atoms with Gasteiger partial charge in [-0.05, 0) is 55.7 Å². The highest BCUT2D eigenvalue weighted by Crippen LogP contribution is 2.32. The van der Waals surface area contributed by atoms with Gasteiger partial charge >= 0.3 is 0 Å². The molecule has 2 aromatic carbocycles. The maximum absolute atomic E-state index is 14.8. The summed E-state index contributed by atoms with van der Waals surface area (Å²) in [4.78, 5) is 38.3. The Labute approximate surface area is 262 Å². The second-order valence-electron chi connectivity index (χ2n) is 11.6. The Hall–Kier alpha value is -4.66. The molecule has 2 fully saturated rings. The number of likely N-dealkylation sites (tertiary alicyclic amines) is 2. The lowest BCUT2D eigenvalue weighted by Crippen LogP contribution is -2.58. The first-order valence-electron chi connectivity index (χ1n) is 14.9. The van der Waals surface area contributed by atoms with Gasteiger partial charge in [0.2, 0.25) is 11.7 Å². The van der Waals surface area contributed by atoms with Crippen molar-refractivity contribution < 1.29 is 38.4 Å². The number of nitrogens with zero attached hydrogens (tertiary/aromatic N) is 5. The molecule has 2 aromatic heterocycles. The number of aromatic nitrogens is 3. The molecule has 0 radical (unpaired) electrons. The van der Waals surface area contributed by atoms with Gasteiger partial charge in [-0.3, -0.25) is 14.0 Å². The van der Waals surface area contributed by atoms with E-state index in [1.807, 2.05) is 6.92 Å². The molecule has 0 saturated carbocycles. The van der Waals surface area contributed by atoms with Crippen molar-refractivity contribution in [1.29, 1.82) is 0 Å². The summed E-state index contributed by atoms with van der Waals surface area (Å²) < 4.78 is 35.7. The number of aliphatic hydroxyl groups is 3. The van der Waals surface area contributed by atoms with E-state index in [0.717, 1.165) is 5.56 Å². The molecule has 0 spiro atoms. The Morgan fingerprint density at radius 1 is 0.978 bits per heavy atom. The van der Waals surface area contributed by atoms with Crippen LogP contribution >= 0.6 is 0 Å². The standard InChI is InChI=1S/C32H34F2N6O6/c1-17-13-19(37-29-30-36-14-22(40(30)12-9-35-29)21-5-6-25(46-2)27(34)26(21)33)3-4-20(17)32(45)38-10-7-18(8-11-38)31(44)39-15-23(41)28(43)24(42)16-39/h3-6,9,12-14,18,23-24,28,41-43H,7-8,10-11,15-16H2,1-2H3,(H,35,37). The van der Waals surface area contributed by atoms with E-state index in [9.17, 15) is 33.7 Å². The van der Waals surface area contributed by atoms with Crippen LogP contribution in [-0.2, 0) is 4.79 Å². The fourth-order valence-corrected chi connectivity index (χ4v) is 6.15. The number of nitrogens with one attached hydrogen (secondary N) is 1. The molecule has 2 atom stereocenters. The fraction of sp³-hybridized carbons (Fsp3) is 0.375. The van der Waals surface area contributed by atoms with Crippen LogP contribution < -0.4 is 10.1 Å². The maximum Gasteiger partial charge on any atom is 0.254 e. The molecule has 12 nitrogen and oxygen atoms in total. The van der Waals surface area contributed by atoms with Gasteiger partial charge in [-0.15, -0.1) is 0 Å². The minimum Gasteiger partial charge on any atom is -0.494 e. The molecule has 2 amide bonds. The summed E-state index contributed by atoms with van der Waals surface area (Å²) in [5.41, 5.74) is 2.59. The van der Waals surface area contributed by atoms with E-state index >= 15 is 0 Å². The summed E-state index contributed by atoms with van der Waals surface area (Å²) in [7, 11) is 1.26. The predicted molar refractivity (Wildman–Crippen MR) is 163 cm³/mol. The van der Waals surface area contributed by atoms with Gasteiger partial charge in [0.25, 0.3) is 5.91 Å². The molecule has 46 heavy (non-hydrogen) atoms. The number of fused-ring (bicyclic) bond motifs is 1. The number of halogens is 2. The van der Waals surface area contributed by atoms with E-state index in [1.54, 1.807) is 33.7 Å². The minimum atomic E-state index is -1.28. The summed E-state index contributed by atoms with van der Waals surface area (Å²) in [5, 5.41) is 32.9. The minimum absolute atomic E-state index is 0.0130. The molecule has 6 rings (SSSR count). The van der Waals surface area contributed by atoms with Gasteiger partial charge in [-0.25, -0.2) is 14.4 Å². The van der Waals surface area contributed by atoms with Gasteiger partial charge in [0.1, 0.15) is 18.3 Å². The van der Waals surface area contributed by atoms with E-state index in [-0.39, 0.29) is 42.1 Å². The van der Waals surface area contributed by atoms with E-state index in [1.165, 1.54) is 36.5 Å².